The van der Waals surface area contributed by atoms with Crippen molar-refractivity contribution in [2.75, 3.05) is 6.54 Å². The fourth-order valence-corrected chi connectivity index (χ4v) is 2.25. The topological polar surface area (TPSA) is 29.9 Å². The van der Waals surface area contributed by atoms with E-state index >= 15 is 0 Å². The fourth-order valence-electron chi connectivity index (χ4n) is 2.25. The molecule has 102 valence electrons. The lowest BCUT2D eigenvalue weighted by atomic mass is 10.0. The van der Waals surface area contributed by atoms with Crippen LogP contribution >= 0.6 is 0 Å². The van der Waals surface area contributed by atoms with E-state index in [0.717, 1.165) is 11.4 Å². The standard InChI is InChI=1S/C14H17F2N3/c1-4-17-14(12-8-9(2)18-19(12)3)13-10(15)6-5-7-11(13)16/h5-8,14,17H,4H2,1-3H3. The number of rotatable bonds is 4. The van der Waals surface area contributed by atoms with E-state index in [9.17, 15) is 8.78 Å². The molecule has 1 atom stereocenters. The van der Waals surface area contributed by atoms with Gasteiger partial charge >= 0.3 is 0 Å². The number of halogens is 2. The molecular weight excluding hydrogens is 248 g/mol. The molecule has 0 bridgehead atoms. The Bertz CT molecular complexity index is 558. The largest absolute Gasteiger partial charge is 0.305 e. The number of hydrogen-bond acceptors (Lipinski definition) is 2. The molecule has 1 N–H and O–H groups in total. The molecule has 0 fully saturated rings. The average molecular weight is 265 g/mol. The van der Waals surface area contributed by atoms with E-state index in [4.69, 9.17) is 0 Å². The van der Waals surface area contributed by atoms with E-state index in [0.29, 0.717) is 6.54 Å². The van der Waals surface area contributed by atoms with E-state index in [1.807, 2.05) is 19.9 Å². The van der Waals surface area contributed by atoms with Gasteiger partial charge in [0.1, 0.15) is 11.6 Å². The van der Waals surface area contributed by atoms with Gasteiger partial charge in [-0.2, -0.15) is 5.10 Å². The van der Waals surface area contributed by atoms with Crippen LogP contribution in [-0.4, -0.2) is 16.3 Å². The minimum Gasteiger partial charge on any atom is -0.305 e. The third-order valence-corrected chi connectivity index (χ3v) is 3.03. The van der Waals surface area contributed by atoms with Crippen LogP contribution < -0.4 is 5.32 Å². The van der Waals surface area contributed by atoms with Gasteiger partial charge in [0, 0.05) is 12.6 Å². The molecule has 1 aromatic carbocycles. The molecule has 0 amide bonds. The number of aryl methyl sites for hydroxylation is 2. The molecule has 0 aliphatic rings. The second-order valence-electron chi connectivity index (χ2n) is 4.46. The van der Waals surface area contributed by atoms with Gasteiger partial charge in [0.25, 0.3) is 0 Å². The molecule has 1 heterocycles. The maximum Gasteiger partial charge on any atom is 0.131 e. The lowest BCUT2D eigenvalue weighted by Gasteiger charge is -2.19. The molecule has 0 saturated carbocycles. The van der Waals surface area contributed by atoms with Crippen molar-refractivity contribution >= 4 is 0 Å². The lowest BCUT2D eigenvalue weighted by molar-refractivity contribution is 0.493. The molecule has 1 aromatic heterocycles. The Morgan fingerprint density at radius 3 is 2.42 bits per heavy atom. The summed E-state index contributed by atoms with van der Waals surface area (Å²) in [5, 5.41) is 7.34. The zero-order chi connectivity index (χ0) is 14.0. The third-order valence-electron chi connectivity index (χ3n) is 3.03. The zero-order valence-electron chi connectivity index (χ0n) is 11.2. The van der Waals surface area contributed by atoms with Crippen LogP contribution in [0.1, 0.15) is 29.9 Å². The summed E-state index contributed by atoms with van der Waals surface area (Å²) in [6, 6.07) is 5.19. The summed E-state index contributed by atoms with van der Waals surface area (Å²) in [5.74, 6) is -1.10. The molecule has 2 aromatic rings. The van der Waals surface area contributed by atoms with Crippen molar-refractivity contribution in [3.05, 3.63) is 52.9 Å². The number of benzene rings is 1. The predicted octanol–water partition coefficient (Wildman–Crippen LogP) is 2.71. The summed E-state index contributed by atoms with van der Waals surface area (Å²) in [4.78, 5) is 0. The van der Waals surface area contributed by atoms with Gasteiger partial charge in [-0.25, -0.2) is 8.78 Å². The molecular formula is C14H17F2N3. The smallest absolute Gasteiger partial charge is 0.131 e. The summed E-state index contributed by atoms with van der Waals surface area (Å²) in [7, 11) is 1.77. The van der Waals surface area contributed by atoms with Crippen molar-refractivity contribution in [2.24, 2.45) is 7.05 Å². The van der Waals surface area contributed by atoms with Crippen LogP contribution in [0, 0.1) is 18.6 Å². The Labute approximate surface area is 111 Å². The Balaban J connectivity index is 2.54. The highest BCUT2D eigenvalue weighted by atomic mass is 19.1. The van der Waals surface area contributed by atoms with Crippen LogP contribution in [-0.2, 0) is 7.05 Å². The van der Waals surface area contributed by atoms with Gasteiger partial charge in [-0.05, 0) is 31.7 Å². The van der Waals surface area contributed by atoms with Gasteiger partial charge in [0.05, 0.1) is 17.4 Å². The van der Waals surface area contributed by atoms with Gasteiger partial charge < -0.3 is 5.32 Å². The fraction of sp³-hybridized carbons (Fsp3) is 0.357. The molecule has 5 heteroatoms. The average Bonchev–Trinajstić information content (AvgIpc) is 2.67. The molecule has 2 rings (SSSR count). The summed E-state index contributed by atoms with van der Waals surface area (Å²) in [6.45, 7) is 4.35. The highest BCUT2D eigenvalue weighted by Crippen LogP contribution is 2.27. The highest BCUT2D eigenvalue weighted by molar-refractivity contribution is 5.31. The van der Waals surface area contributed by atoms with Crippen molar-refractivity contribution in [3.8, 4) is 0 Å². The number of nitrogens with zero attached hydrogens (tertiary/aromatic N) is 2. The van der Waals surface area contributed by atoms with Gasteiger partial charge in [0.15, 0.2) is 0 Å². The number of hydrogen-bond donors (Lipinski definition) is 1. The third kappa shape index (κ3) is 2.66. The summed E-state index contributed by atoms with van der Waals surface area (Å²) >= 11 is 0. The molecule has 3 nitrogen and oxygen atoms in total. The molecule has 0 aliphatic heterocycles. The first-order chi connectivity index (χ1) is 9.04. The lowest BCUT2D eigenvalue weighted by Crippen LogP contribution is -2.26. The SMILES string of the molecule is CCNC(c1c(F)cccc1F)c1cc(C)nn1C. The quantitative estimate of drug-likeness (QED) is 0.921. The first-order valence-corrected chi connectivity index (χ1v) is 6.22. The normalized spacial score (nSPS) is 12.7. The first-order valence-electron chi connectivity index (χ1n) is 6.22. The summed E-state index contributed by atoms with van der Waals surface area (Å²) in [6.07, 6.45) is 0. The molecule has 0 saturated heterocycles. The first kappa shape index (κ1) is 13.7. The van der Waals surface area contributed by atoms with E-state index < -0.39 is 17.7 Å². The molecule has 0 radical (unpaired) electrons. The van der Waals surface area contributed by atoms with Crippen molar-refractivity contribution < 1.29 is 8.78 Å². The maximum absolute atomic E-state index is 13.9. The zero-order valence-corrected chi connectivity index (χ0v) is 11.2. The molecule has 0 aliphatic carbocycles. The Morgan fingerprint density at radius 1 is 1.32 bits per heavy atom. The number of aromatic nitrogens is 2. The molecule has 19 heavy (non-hydrogen) atoms. The monoisotopic (exact) mass is 265 g/mol. The maximum atomic E-state index is 13.9. The molecule has 1 unspecified atom stereocenters. The van der Waals surface area contributed by atoms with E-state index in [2.05, 4.69) is 10.4 Å². The van der Waals surface area contributed by atoms with Crippen LogP contribution in [0.15, 0.2) is 24.3 Å². The Morgan fingerprint density at radius 2 is 1.95 bits per heavy atom. The van der Waals surface area contributed by atoms with Crippen LogP contribution in [0.2, 0.25) is 0 Å². The second kappa shape index (κ2) is 5.48. The van der Waals surface area contributed by atoms with Crippen molar-refractivity contribution in [1.29, 1.82) is 0 Å². The van der Waals surface area contributed by atoms with Gasteiger partial charge in [0.2, 0.25) is 0 Å². The van der Waals surface area contributed by atoms with Gasteiger partial charge in [-0.3, -0.25) is 4.68 Å². The number of nitrogens with one attached hydrogen (secondary N) is 1. The van der Waals surface area contributed by atoms with E-state index in [-0.39, 0.29) is 5.56 Å². The Kier molecular flexibility index (Phi) is 3.95. The predicted molar refractivity (Wildman–Crippen MR) is 69.8 cm³/mol. The van der Waals surface area contributed by atoms with Gasteiger partial charge in [-0.15, -0.1) is 0 Å². The van der Waals surface area contributed by atoms with E-state index in [1.165, 1.54) is 18.2 Å². The van der Waals surface area contributed by atoms with E-state index in [1.54, 1.807) is 11.7 Å². The minimum atomic E-state index is -0.551. The molecule has 0 spiro atoms. The van der Waals surface area contributed by atoms with Gasteiger partial charge in [-0.1, -0.05) is 13.0 Å². The van der Waals surface area contributed by atoms with Crippen molar-refractivity contribution in [1.82, 2.24) is 15.1 Å². The van der Waals surface area contributed by atoms with Crippen LogP contribution in [0.5, 0.6) is 0 Å². The van der Waals surface area contributed by atoms with Crippen LogP contribution in [0.25, 0.3) is 0 Å². The Hall–Kier alpha value is -1.75. The summed E-state index contributed by atoms with van der Waals surface area (Å²) < 4.78 is 29.5. The van der Waals surface area contributed by atoms with Crippen molar-refractivity contribution in [3.63, 3.8) is 0 Å². The van der Waals surface area contributed by atoms with Crippen LogP contribution in [0.4, 0.5) is 8.78 Å². The minimum absolute atomic E-state index is 0.0346. The highest BCUT2D eigenvalue weighted by Gasteiger charge is 2.23. The second-order valence-corrected chi connectivity index (χ2v) is 4.46. The summed E-state index contributed by atoms with van der Waals surface area (Å²) in [5.41, 5.74) is 1.59. The van der Waals surface area contributed by atoms with Crippen LogP contribution in [0.3, 0.4) is 0 Å². The van der Waals surface area contributed by atoms with Crippen molar-refractivity contribution in [2.45, 2.75) is 19.9 Å².